The Morgan fingerprint density at radius 2 is 1.85 bits per heavy atom. The van der Waals surface area contributed by atoms with Crippen LogP contribution in [0, 0.1) is 11.7 Å². The molecule has 0 spiro atoms. The quantitative estimate of drug-likeness (QED) is 0.154. The number of fused-ring (bicyclic) bond motifs is 1. The lowest BCUT2D eigenvalue weighted by Gasteiger charge is -2.23. The number of Topliss-reactive ketones (excluding diaryl/α,β-unsaturated/α-hetero) is 1. The number of hydrogen-bond acceptors (Lipinski definition) is 7. The van der Waals surface area contributed by atoms with E-state index >= 15 is 0 Å². The SMILES string of the molecule is COc1ccc(/C(O)=C2\C(=O)C(=O)N(c3nc4ccc(F)cc4s3)C2c2cccc(OCCC(C)C)c2)cc1. The average Bonchev–Trinajstić information content (AvgIpc) is 3.45. The van der Waals surface area contributed by atoms with Crippen molar-refractivity contribution in [1.82, 2.24) is 4.98 Å². The zero-order chi connectivity index (χ0) is 27.7. The van der Waals surface area contributed by atoms with E-state index in [9.17, 15) is 19.1 Å². The van der Waals surface area contributed by atoms with Crippen LogP contribution in [0.25, 0.3) is 16.0 Å². The molecule has 1 N–H and O–H groups in total. The molecule has 5 rings (SSSR count). The first-order valence-electron chi connectivity index (χ1n) is 12.5. The second-order valence-corrected chi connectivity index (χ2v) is 10.6. The number of benzene rings is 3. The smallest absolute Gasteiger partial charge is 0.301 e. The molecule has 0 radical (unpaired) electrons. The molecule has 1 unspecified atom stereocenters. The van der Waals surface area contributed by atoms with Crippen LogP contribution in [0.5, 0.6) is 11.5 Å². The van der Waals surface area contributed by atoms with E-state index in [1.807, 2.05) is 0 Å². The number of ketones is 1. The number of hydrogen-bond donors (Lipinski definition) is 1. The van der Waals surface area contributed by atoms with E-state index in [2.05, 4.69) is 18.8 Å². The van der Waals surface area contributed by atoms with Crippen molar-refractivity contribution in [2.45, 2.75) is 26.3 Å². The van der Waals surface area contributed by atoms with Crippen LogP contribution in [0.3, 0.4) is 0 Å². The number of carbonyl (C=O) groups is 2. The molecule has 1 aliphatic rings. The number of halogens is 1. The van der Waals surface area contributed by atoms with Gasteiger partial charge in [-0.3, -0.25) is 14.5 Å². The maximum Gasteiger partial charge on any atom is 0.301 e. The Morgan fingerprint density at radius 1 is 1.08 bits per heavy atom. The van der Waals surface area contributed by atoms with Crippen LogP contribution in [0.1, 0.15) is 37.4 Å². The number of carbonyl (C=O) groups excluding carboxylic acids is 2. The Kier molecular flexibility index (Phi) is 7.34. The van der Waals surface area contributed by atoms with Crippen LogP contribution in [-0.2, 0) is 9.59 Å². The number of aliphatic hydroxyl groups excluding tert-OH is 1. The van der Waals surface area contributed by atoms with Crippen molar-refractivity contribution in [3.8, 4) is 11.5 Å². The molecule has 7 nitrogen and oxygen atoms in total. The number of aromatic nitrogens is 1. The summed E-state index contributed by atoms with van der Waals surface area (Å²) in [6.45, 7) is 4.73. The Balaban J connectivity index is 1.65. The topological polar surface area (TPSA) is 89.0 Å². The van der Waals surface area contributed by atoms with Gasteiger partial charge in [0.05, 0.1) is 35.5 Å². The predicted molar refractivity (Wildman–Crippen MR) is 149 cm³/mol. The monoisotopic (exact) mass is 546 g/mol. The van der Waals surface area contributed by atoms with Crippen molar-refractivity contribution in [2.24, 2.45) is 5.92 Å². The summed E-state index contributed by atoms with van der Waals surface area (Å²) < 4.78 is 25.6. The third-order valence-electron chi connectivity index (χ3n) is 6.49. The zero-order valence-corrected chi connectivity index (χ0v) is 22.5. The molecule has 0 bridgehead atoms. The van der Waals surface area contributed by atoms with E-state index < -0.39 is 23.5 Å². The van der Waals surface area contributed by atoms with Gasteiger partial charge in [-0.1, -0.05) is 37.3 Å². The fourth-order valence-corrected chi connectivity index (χ4v) is 5.44. The first kappa shape index (κ1) is 26.4. The molecule has 9 heteroatoms. The standard InChI is InChI=1S/C30H27FN2O5S/c1-17(2)13-14-38-22-6-4-5-19(15-22)26-25(27(34)18-7-10-21(37-3)11-8-18)28(35)29(36)33(26)30-32-23-12-9-20(31)16-24(23)39-30/h4-12,15-17,26,34H,13-14H2,1-3H3/b27-25+. The predicted octanol–water partition coefficient (Wildman–Crippen LogP) is 6.50. The molecule has 1 aliphatic heterocycles. The summed E-state index contributed by atoms with van der Waals surface area (Å²) in [6, 6.07) is 16.8. The van der Waals surface area contributed by atoms with Gasteiger partial charge in [0, 0.05) is 5.56 Å². The summed E-state index contributed by atoms with van der Waals surface area (Å²) >= 11 is 1.10. The normalized spacial score (nSPS) is 16.8. The Labute approximate surface area is 229 Å². The number of amides is 1. The van der Waals surface area contributed by atoms with Crippen LogP contribution in [0.2, 0.25) is 0 Å². The van der Waals surface area contributed by atoms with E-state index in [0.29, 0.717) is 45.4 Å². The molecular formula is C30H27FN2O5S. The highest BCUT2D eigenvalue weighted by Crippen LogP contribution is 2.45. The minimum atomic E-state index is -0.980. The van der Waals surface area contributed by atoms with Gasteiger partial charge in [0.15, 0.2) is 5.13 Å². The second kappa shape index (κ2) is 10.9. The third kappa shape index (κ3) is 5.22. The van der Waals surface area contributed by atoms with Gasteiger partial charge < -0.3 is 14.6 Å². The number of thiazole rings is 1. The van der Waals surface area contributed by atoms with Gasteiger partial charge in [-0.2, -0.15) is 0 Å². The van der Waals surface area contributed by atoms with Crippen LogP contribution in [-0.4, -0.2) is 35.5 Å². The Hall–Kier alpha value is -4.24. The molecule has 3 aromatic carbocycles. The van der Waals surface area contributed by atoms with Gasteiger partial charge in [-0.15, -0.1) is 0 Å². The molecule has 0 saturated carbocycles. The molecule has 39 heavy (non-hydrogen) atoms. The lowest BCUT2D eigenvalue weighted by molar-refractivity contribution is -0.132. The summed E-state index contributed by atoms with van der Waals surface area (Å²) in [5, 5.41) is 11.6. The Bertz CT molecular complexity index is 1580. The van der Waals surface area contributed by atoms with Gasteiger partial charge >= 0.3 is 5.91 Å². The maximum absolute atomic E-state index is 13.9. The van der Waals surface area contributed by atoms with Crippen LogP contribution >= 0.6 is 11.3 Å². The van der Waals surface area contributed by atoms with E-state index in [4.69, 9.17) is 9.47 Å². The first-order valence-corrected chi connectivity index (χ1v) is 13.3. The van der Waals surface area contributed by atoms with E-state index in [1.165, 1.54) is 30.2 Å². The summed E-state index contributed by atoms with van der Waals surface area (Å²) in [4.78, 5) is 32.7. The molecule has 200 valence electrons. The molecule has 1 atom stereocenters. The van der Waals surface area contributed by atoms with Crippen molar-refractivity contribution >= 4 is 44.1 Å². The molecule has 2 heterocycles. The maximum atomic E-state index is 13.9. The molecule has 4 aromatic rings. The summed E-state index contributed by atoms with van der Waals surface area (Å²) in [5.74, 6) is -0.797. The molecular weight excluding hydrogens is 519 g/mol. The summed E-state index contributed by atoms with van der Waals surface area (Å²) in [6.07, 6.45) is 0.864. The van der Waals surface area contributed by atoms with Crippen molar-refractivity contribution in [3.63, 3.8) is 0 Å². The van der Waals surface area contributed by atoms with Crippen LogP contribution < -0.4 is 14.4 Å². The minimum Gasteiger partial charge on any atom is -0.507 e. The average molecular weight is 547 g/mol. The second-order valence-electron chi connectivity index (χ2n) is 9.61. The number of methoxy groups -OCH3 is 1. The van der Waals surface area contributed by atoms with Crippen molar-refractivity contribution < 1.29 is 28.6 Å². The van der Waals surface area contributed by atoms with E-state index in [0.717, 1.165) is 17.8 Å². The molecule has 0 aliphatic carbocycles. The summed E-state index contributed by atoms with van der Waals surface area (Å²) in [5.41, 5.74) is 1.35. The van der Waals surface area contributed by atoms with Gasteiger partial charge in [0.2, 0.25) is 0 Å². The fourth-order valence-electron chi connectivity index (χ4n) is 4.43. The number of anilines is 1. The minimum absolute atomic E-state index is 0.0741. The number of ether oxygens (including phenoxy) is 2. The number of rotatable bonds is 8. The molecule has 1 saturated heterocycles. The van der Waals surface area contributed by atoms with Crippen molar-refractivity contribution in [2.75, 3.05) is 18.6 Å². The summed E-state index contributed by atoms with van der Waals surface area (Å²) in [7, 11) is 1.53. The van der Waals surface area contributed by atoms with Crippen molar-refractivity contribution in [3.05, 3.63) is 89.2 Å². The third-order valence-corrected chi connectivity index (χ3v) is 7.51. The Morgan fingerprint density at radius 3 is 2.56 bits per heavy atom. The zero-order valence-electron chi connectivity index (χ0n) is 21.7. The van der Waals surface area contributed by atoms with E-state index in [-0.39, 0.29) is 16.5 Å². The lowest BCUT2D eigenvalue weighted by atomic mass is 9.95. The van der Waals surface area contributed by atoms with Gasteiger partial charge in [-0.25, -0.2) is 9.37 Å². The van der Waals surface area contributed by atoms with Gasteiger partial charge in [0.25, 0.3) is 5.78 Å². The van der Waals surface area contributed by atoms with Gasteiger partial charge in [-0.05, 0) is 72.5 Å². The molecule has 1 aromatic heterocycles. The van der Waals surface area contributed by atoms with Crippen molar-refractivity contribution in [1.29, 1.82) is 0 Å². The fraction of sp³-hybridized carbons (Fsp3) is 0.233. The largest absolute Gasteiger partial charge is 0.507 e. The molecule has 1 fully saturated rings. The number of nitrogens with zero attached hydrogens (tertiary/aromatic N) is 2. The molecule has 1 amide bonds. The first-order chi connectivity index (χ1) is 18.8. The van der Waals surface area contributed by atoms with Crippen LogP contribution in [0.4, 0.5) is 9.52 Å². The highest BCUT2D eigenvalue weighted by Gasteiger charge is 2.48. The van der Waals surface area contributed by atoms with Crippen LogP contribution in [0.15, 0.2) is 72.3 Å². The lowest BCUT2D eigenvalue weighted by Crippen LogP contribution is -2.29. The highest BCUT2D eigenvalue weighted by molar-refractivity contribution is 7.22. The van der Waals surface area contributed by atoms with E-state index in [1.54, 1.807) is 48.5 Å². The number of aliphatic hydroxyl groups is 1. The highest BCUT2D eigenvalue weighted by atomic mass is 32.1. The van der Waals surface area contributed by atoms with Gasteiger partial charge in [0.1, 0.15) is 23.1 Å².